The molecule has 2 aromatic carbocycles. The number of carbonyl (C=O) groups is 3. The van der Waals surface area contributed by atoms with E-state index in [2.05, 4.69) is 15.1 Å². The summed E-state index contributed by atoms with van der Waals surface area (Å²) >= 11 is 0. The Kier molecular flexibility index (Phi) is 8.40. The van der Waals surface area contributed by atoms with Gasteiger partial charge in [0.15, 0.2) is 0 Å². The van der Waals surface area contributed by atoms with Crippen LogP contribution in [0.5, 0.6) is 5.75 Å². The molecule has 2 saturated heterocycles. The van der Waals surface area contributed by atoms with Gasteiger partial charge in [0.25, 0.3) is 0 Å². The first-order valence-corrected chi connectivity index (χ1v) is 14.4. The molecule has 3 amide bonds. The van der Waals surface area contributed by atoms with Crippen LogP contribution in [-0.2, 0) is 15.0 Å². The van der Waals surface area contributed by atoms with Gasteiger partial charge in [-0.25, -0.2) is 4.39 Å². The van der Waals surface area contributed by atoms with Crippen LogP contribution in [0.25, 0.3) is 0 Å². The summed E-state index contributed by atoms with van der Waals surface area (Å²) in [6, 6.07) is 10.6. The Bertz CT molecular complexity index is 1270. The van der Waals surface area contributed by atoms with E-state index in [9.17, 15) is 14.4 Å². The molecule has 40 heavy (non-hydrogen) atoms. The van der Waals surface area contributed by atoms with E-state index in [0.29, 0.717) is 23.2 Å². The van der Waals surface area contributed by atoms with Crippen LogP contribution in [0, 0.1) is 5.82 Å². The Morgan fingerprint density at radius 1 is 1.07 bits per heavy atom. The van der Waals surface area contributed by atoms with Gasteiger partial charge in [-0.15, -0.1) is 0 Å². The van der Waals surface area contributed by atoms with Gasteiger partial charge in [-0.1, -0.05) is 31.4 Å². The molecule has 5 rings (SSSR count). The van der Waals surface area contributed by atoms with E-state index in [0.717, 1.165) is 63.3 Å². The lowest BCUT2D eigenvalue weighted by molar-refractivity contribution is -0.134. The van der Waals surface area contributed by atoms with Crippen LogP contribution >= 0.6 is 0 Å². The number of hydrogen-bond donors (Lipinski definition) is 2. The van der Waals surface area contributed by atoms with Crippen molar-refractivity contribution in [3.05, 3.63) is 58.9 Å². The SMILES string of the molecule is COc1cc(C(N)=O)ccc1C1(CCN2CCN(c3ccc(C4CCC(=O)NC4=O)cc3F)CC2)CCCCC1. The number of nitrogens with two attached hydrogens (primary N) is 1. The fourth-order valence-corrected chi connectivity index (χ4v) is 6.76. The number of amides is 3. The van der Waals surface area contributed by atoms with Crippen molar-refractivity contribution in [2.45, 2.75) is 62.7 Å². The number of hydrogen-bond acceptors (Lipinski definition) is 6. The summed E-state index contributed by atoms with van der Waals surface area (Å²) in [5.74, 6) is -1.17. The molecule has 1 atom stereocenters. The molecule has 8 nitrogen and oxygen atoms in total. The molecule has 0 radical (unpaired) electrons. The lowest BCUT2D eigenvalue weighted by atomic mass is 9.67. The smallest absolute Gasteiger partial charge is 0.248 e. The summed E-state index contributed by atoms with van der Waals surface area (Å²) < 4.78 is 20.9. The number of benzene rings is 2. The predicted octanol–water partition coefficient (Wildman–Crippen LogP) is 3.87. The fourth-order valence-electron chi connectivity index (χ4n) is 6.76. The summed E-state index contributed by atoms with van der Waals surface area (Å²) in [7, 11) is 1.65. The first kappa shape index (κ1) is 28.1. The Labute approximate surface area is 235 Å². The summed E-state index contributed by atoms with van der Waals surface area (Å²) in [6.45, 7) is 4.05. The molecule has 2 aliphatic heterocycles. The number of anilines is 1. The number of carbonyl (C=O) groups excluding carboxylic acids is 3. The minimum atomic E-state index is -0.490. The van der Waals surface area contributed by atoms with E-state index in [1.807, 2.05) is 18.2 Å². The molecule has 3 N–H and O–H groups in total. The van der Waals surface area contributed by atoms with Crippen molar-refractivity contribution in [1.29, 1.82) is 0 Å². The van der Waals surface area contributed by atoms with Crippen molar-refractivity contribution in [2.75, 3.05) is 44.7 Å². The van der Waals surface area contributed by atoms with Crippen LogP contribution in [0.2, 0.25) is 0 Å². The zero-order valence-corrected chi connectivity index (χ0v) is 23.2. The quantitative estimate of drug-likeness (QED) is 0.484. The number of ether oxygens (including phenoxy) is 1. The zero-order chi connectivity index (χ0) is 28.3. The first-order valence-electron chi connectivity index (χ1n) is 14.4. The average molecular weight is 551 g/mol. The lowest BCUT2D eigenvalue weighted by Gasteiger charge is -2.42. The van der Waals surface area contributed by atoms with E-state index in [1.165, 1.54) is 25.3 Å². The Hall–Kier alpha value is -3.46. The lowest BCUT2D eigenvalue weighted by Crippen LogP contribution is -2.48. The van der Waals surface area contributed by atoms with E-state index < -0.39 is 11.8 Å². The van der Waals surface area contributed by atoms with Gasteiger partial charge >= 0.3 is 0 Å². The number of methoxy groups -OCH3 is 1. The number of rotatable bonds is 8. The summed E-state index contributed by atoms with van der Waals surface area (Å²) in [4.78, 5) is 39.9. The highest BCUT2D eigenvalue weighted by Gasteiger charge is 2.37. The van der Waals surface area contributed by atoms with Crippen molar-refractivity contribution in [2.24, 2.45) is 5.73 Å². The van der Waals surface area contributed by atoms with E-state index in [-0.39, 0.29) is 29.5 Å². The molecule has 214 valence electrons. The highest BCUT2D eigenvalue weighted by molar-refractivity contribution is 6.01. The van der Waals surface area contributed by atoms with Gasteiger partial charge in [-0.3, -0.25) is 24.6 Å². The predicted molar refractivity (Wildman–Crippen MR) is 151 cm³/mol. The highest BCUT2D eigenvalue weighted by atomic mass is 19.1. The van der Waals surface area contributed by atoms with Crippen LogP contribution in [-0.4, -0.2) is 62.5 Å². The third-order valence-electron chi connectivity index (χ3n) is 9.10. The third-order valence-corrected chi connectivity index (χ3v) is 9.10. The first-order chi connectivity index (χ1) is 19.3. The van der Waals surface area contributed by atoms with Gasteiger partial charge in [0, 0.05) is 49.1 Å². The number of halogens is 1. The van der Waals surface area contributed by atoms with E-state index in [1.54, 1.807) is 19.2 Å². The van der Waals surface area contributed by atoms with Gasteiger partial charge < -0.3 is 15.4 Å². The largest absolute Gasteiger partial charge is 0.496 e. The second-order valence-corrected chi connectivity index (χ2v) is 11.4. The number of imide groups is 1. The van der Waals surface area contributed by atoms with Crippen molar-refractivity contribution in [1.82, 2.24) is 10.2 Å². The standard InChI is InChI=1S/C31H39FN4O4/c1-40-27-20-22(29(33)38)5-8-24(27)31(11-3-2-4-12-31)13-14-35-15-17-36(18-16-35)26-9-6-21(19-25(26)32)23-7-10-28(37)34-30(23)39/h5-6,8-9,19-20,23H,2-4,7,10-18H2,1H3,(H2,33,38)(H,34,37,39). The van der Waals surface area contributed by atoms with Gasteiger partial charge in [0.05, 0.1) is 18.7 Å². The molecule has 9 heteroatoms. The molecule has 1 unspecified atom stereocenters. The molecule has 2 heterocycles. The van der Waals surface area contributed by atoms with Crippen molar-refractivity contribution in [3.8, 4) is 5.75 Å². The maximum Gasteiger partial charge on any atom is 0.248 e. The second-order valence-electron chi connectivity index (χ2n) is 11.4. The molecular formula is C31H39FN4O4. The van der Waals surface area contributed by atoms with Crippen molar-refractivity contribution >= 4 is 23.4 Å². The Morgan fingerprint density at radius 2 is 1.82 bits per heavy atom. The Balaban J connectivity index is 1.22. The Morgan fingerprint density at radius 3 is 2.48 bits per heavy atom. The summed E-state index contributed by atoms with van der Waals surface area (Å²) in [5, 5.41) is 2.35. The van der Waals surface area contributed by atoms with E-state index >= 15 is 4.39 Å². The van der Waals surface area contributed by atoms with E-state index in [4.69, 9.17) is 10.5 Å². The number of primary amides is 1. The van der Waals surface area contributed by atoms with Gasteiger partial charge in [-0.2, -0.15) is 0 Å². The number of nitrogens with zero attached hydrogens (tertiary/aromatic N) is 2. The van der Waals surface area contributed by atoms with Crippen LogP contribution in [0.15, 0.2) is 36.4 Å². The minimum Gasteiger partial charge on any atom is -0.496 e. The van der Waals surface area contributed by atoms with Crippen LogP contribution in [0.4, 0.5) is 10.1 Å². The third kappa shape index (κ3) is 5.84. The molecule has 1 saturated carbocycles. The average Bonchev–Trinajstić information content (AvgIpc) is 2.96. The van der Waals surface area contributed by atoms with Crippen molar-refractivity contribution < 1.29 is 23.5 Å². The zero-order valence-electron chi connectivity index (χ0n) is 23.2. The summed E-state index contributed by atoms with van der Waals surface area (Å²) in [5.41, 5.74) is 8.30. The van der Waals surface area contributed by atoms with Crippen LogP contribution < -0.4 is 20.7 Å². The number of nitrogens with one attached hydrogen (secondary N) is 1. The minimum absolute atomic E-state index is 0.00509. The normalized spacial score (nSPS) is 21.6. The topological polar surface area (TPSA) is 105 Å². The molecule has 3 fully saturated rings. The number of piperidine rings is 1. The monoisotopic (exact) mass is 550 g/mol. The maximum atomic E-state index is 15.2. The van der Waals surface area contributed by atoms with Gasteiger partial charge in [0.2, 0.25) is 17.7 Å². The van der Waals surface area contributed by atoms with Gasteiger partial charge in [-0.05, 0) is 62.1 Å². The molecular weight excluding hydrogens is 511 g/mol. The highest BCUT2D eigenvalue weighted by Crippen LogP contribution is 2.46. The summed E-state index contributed by atoms with van der Waals surface area (Å²) in [6.07, 6.45) is 7.42. The molecule has 0 spiro atoms. The van der Waals surface area contributed by atoms with Crippen LogP contribution in [0.1, 0.15) is 78.8 Å². The maximum absolute atomic E-state index is 15.2. The molecule has 0 aromatic heterocycles. The number of piperazine rings is 1. The van der Waals surface area contributed by atoms with Crippen LogP contribution in [0.3, 0.4) is 0 Å². The molecule has 3 aliphatic rings. The fraction of sp³-hybridized carbons (Fsp3) is 0.516. The van der Waals surface area contributed by atoms with Crippen molar-refractivity contribution in [3.63, 3.8) is 0 Å². The molecule has 1 aliphatic carbocycles. The van der Waals surface area contributed by atoms with Gasteiger partial charge in [0.1, 0.15) is 11.6 Å². The second kappa shape index (κ2) is 12.0. The molecule has 2 aromatic rings. The molecule has 0 bridgehead atoms.